The summed E-state index contributed by atoms with van der Waals surface area (Å²) in [6.45, 7) is 23.4. The van der Waals surface area contributed by atoms with Crippen LogP contribution in [0.3, 0.4) is 0 Å². The van der Waals surface area contributed by atoms with Gasteiger partial charge in [-0.15, -0.1) is 0 Å². The average Bonchev–Trinajstić information content (AvgIpc) is 2.35. The molecule has 0 radical (unpaired) electrons. The first kappa shape index (κ1) is 23.0. The molecule has 1 heteroatoms. The Labute approximate surface area is 148 Å². The monoisotopic (exact) mass is 326 g/mol. The first-order valence-corrected chi connectivity index (χ1v) is 10.2. The van der Waals surface area contributed by atoms with E-state index in [1.165, 1.54) is 25.7 Å². The minimum absolute atomic E-state index is 0.0438. The predicted molar refractivity (Wildman–Crippen MR) is 105 cm³/mol. The molecule has 0 bridgehead atoms. The van der Waals surface area contributed by atoms with Gasteiger partial charge in [0.1, 0.15) is 0 Å². The van der Waals surface area contributed by atoms with Crippen LogP contribution in [0.4, 0.5) is 0 Å². The standard InChI is InChI=1S/C22H46O/c1-11-21(13-17(3)4,14-18(5)6)23-22(12-2,15-19(7)8)16-20(9)10/h17-20H,11-16H2,1-10H3. The van der Waals surface area contributed by atoms with Gasteiger partial charge in [0.05, 0.1) is 11.2 Å². The van der Waals surface area contributed by atoms with Crippen LogP contribution in [-0.2, 0) is 4.74 Å². The van der Waals surface area contributed by atoms with Crippen molar-refractivity contribution in [2.24, 2.45) is 23.7 Å². The maximum absolute atomic E-state index is 7.17. The zero-order chi connectivity index (χ0) is 18.3. The first-order valence-electron chi connectivity index (χ1n) is 10.2. The van der Waals surface area contributed by atoms with Gasteiger partial charge < -0.3 is 4.74 Å². The number of ether oxygens (including phenoxy) is 1. The van der Waals surface area contributed by atoms with Crippen LogP contribution in [0.15, 0.2) is 0 Å². The van der Waals surface area contributed by atoms with Gasteiger partial charge in [-0.1, -0.05) is 69.2 Å². The molecular formula is C22H46O. The second kappa shape index (κ2) is 10.1. The van der Waals surface area contributed by atoms with E-state index in [2.05, 4.69) is 69.2 Å². The Bertz CT molecular complexity index is 251. The molecule has 0 aromatic rings. The molecule has 0 aliphatic carbocycles. The zero-order valence-electron chi connectivity index (χ0n) is 18.0. The van der Waals surface area contributed by atoms with Crippen LogP contribution in [0.5, 0.6) is 0 Å². The van der Waals surface area contributed by atoms with Crippen molar-refractivity contribution in [1.29, 1.82) is 0 Å². The molecule has 0 saturated carbocycles. The van der Waals surface area contributed by atoms with E-state index < -0.39 is 0 Å². The molecule has 0 N–H and O–H groups in total. The Kier molecular flexibility index (Phi) is 10.0. The highest BCUT2D eigenvalue weighted by molar-refractivity contribution is 4.90. The number of rotatable bonds is 12. The lowest BCUT2D eigenvalue weighted by Gasteiger charge is -2.47. The summed E-state index contributed by atoms with van der Waals surface area (Å²) >= 11 is 0. The molecule has 0 amide bonds. The molecule has 0 fully saturated rings. The van der Waals surface area contributed by atoms with E-state index in [1.807, 2.05) is 0 Å². The van der Waals surface area contributed by atoms with Gasteiger partial charge in [0, 0.05) is 0 Å². The fourth-order valence-electron chi connectivity index (χ4n) is 4.49. The average molecular weight is 327 g/mol. The third-order valence-corrected chi connectivity index (χ3v) is 4.84. The summed E-state index contributed by atoms with van der Waals surface area (Å²) in [5, 5.41) is 0. The predicted octanol–water partition coefficient (Wildman–Crippen LogP) is 7.49. The molecule has 0 heterocycles. The minimum atomic E-state index is 0.0438. The maximum Gasteiger partial charge on any atom is 0.0692 e. The van der Waals surface area contributed by atoms with Gasteiger partial charge >= 0.3 is 0 Å². The molecule has 0 rings (SSSR count). The Morgan fingerprint density at radius 1 is 0.522 bits per heavy atom. The van der Waals surface area contributed by atoms with Crippen LogP contribution in [0.2, 0.25) is 0 Å². The van der Waals surface area contributed by atoms with E-state index in [0.29, 0.717) is 23.7 Å². The summed E-state index contributed by atoms with van der Waals surface area (Å²) in [5.41, 5.74) is 0.0875. The highest BCUT2D eigenvalue weighted by atomic mass is 16.5. The van der Waals surface area contributed by atoms with Crippen LogP contribution in [0, 0.1) is 23.7 Å². The molecule has 0 saturated heterocycles. The van der Waals surface area contributed by atoms with Gasteiger partial charge in [0.15, 0.2) is 0 Å². The molecule has 0 spiro atoms. The van der Waals surface area contributed by atoms with Crippen LogP contribution >= 0.6 is 0 Å². The van der Waals surface area contributed by atoms with Crippen molar-refractivity contribution in [1.82, 2.24) is 0 Å². The van der Waals surface area contributed by atoms with Crippen LogP contribution in [0.25, 0.3) is 0 Å². The fourth-order valence-corrected chi connectivity index (χ4v) is 4.49. The molecular weight excluding hydrogens is 280 g/mol. The van der Waals surface area contributed by atoms with Crippen molar-refractivity contribution >= 4 is 0 Å². The van der Waals surface area contributed by atoms with E-state index in [1.54, 1.807) is 0 Å². The Morgan fingerprint density at radius 2 is 0.739 bits per heavy atom. The molecule has 140 valence electrons. The van der Waals surface area contributed by atoms with Crippen molar-refractivity contribution in [3.8, 4) is 0 Å². The van der Waals surface area contributed by atoms with Crippen molar-refractivity contribution in [2.75, 3.05) is 0 Å². The highest BCUT2D eigenvalue weighted by Crippen LogP contribution is 2.42. The molecule has 0 aliphatic rings. The molecule has 0 aromatic heterocycles. The largest absolute Gasteiger partial charge is 0.369 e. The topological polar surface area (TPSA) is 9.23 Å². The lowest BCUT2D eigenvalue weighted by molar-refractivity contribution is -0.190. The van der Waals surface area contributed by atoms with Crippen LogP contribution in [-0.4, -0.2) is 11.2 Å². The molecule has 0 atom stereocenters. The SMILES string of the molecule is CCC(CC(C)C)(CC(C)C)OC(CC)(CC(C)C)CC(C)C. The third-order valence-electron chi connectivity index (χ3n) is 4.84. The number of hydrogen-bond acceptors (Lipinski definition) is 1. The number of hydrogen-bond donors (Lipinski definition) is 0. The van der Waals surface area contributed by atoms with Gasteiger partial charge in [-0.2, -0.15) is 0 Å². The van der Waals surface area contributed by atoms with E-state index in [-0.39, 0.29) is 11.2 Å². The third kappa shape index (κ3) is 8.57. The second-order valence-electron chi connectivity index (χ2n) is 9.57. The molecule has 0 aromatic carbocycles. The normalized spacial score (nSPS) is 13.8. The van der Waals surface area contributed by atoms with Crippen molar-refractivity contribution in [3.63, 3.8) is 0 Å². The summed E-state index contributed by atoms with van der Waals surface area (Å²) in [6, 6.07) is 0. The van der Waals surface area contributed by atoms with E-state index in [4.69, 9.17) is 4.74 Å². The molecule has 23 heavy (non-hydrogen) atoms. The van der Waals surface area contributed by atoms with Crippen molar-refractivity contribution < 1.29 is 4.74 Å². The van der Waals surface area contributed by atoms with Crippen molar-refractivity contribution in [3.05, 3.63) is 0 Å². The summed E-state index contributed by atoms with van der Waals surface area (Å²) in [7, 11) is 0. The van der Waals surface area contributed by atoms with E-state index >= 15 is 0 Å². The lowest BCUT2D eigenvalue weighted by Crippen LogP contribution is -2.47. The Hall–Kier alpha value is -0.0400. The first-order chi connectivity index (χ1) is 10.5. The van der Waals surface area contributed by atoms with Gasteiger partial charge in [0.2, 0.25) is 0 Å². The summed E-state index contributed by atoms with van der Waals surface area (Å²) in [5.74, 6) is 2.73. The van der Waals surface area contributed by atoms with Gasteiger partial charge in [-0.05, 0) is 62.2 Å². The molecule has 0 unspecified atom stereocenters. The summed E-state index contributed by atoms with van der Waals surface area (Å²) in [6.07, 6.45) is 6.97. The van der Waals surface area contributed by atoms with E-state index in [9.17, 15) is 0 Å². The highest BCUT2D eigenvalue weighted by Gasteiger charge is 2.41. The van der Waals surface area contributed by atoms with Crippen molar-refractivity contribution in [2.45, 2.75) is 119 Å². The van der Waals surface area contributed by atoms with E-state index in [0.717, 1.165) is 12.8 Å². The van der Waals surface area contributed by atoms with Crippen LogP contribution < -0.4 is 0 Å². The van der Waals surface area contributed by atoms with Gasteiger partial charge in [-0.3, -0.25) is 0 Å². The lowest BCUT2D eigenvalue weighted by atomic mass is 9.78. The Morgan fingerprint density at radius 3 is 0.870 bits per heavy atom. The molecule has 1 nitrogen and oxygen atoms in total. The summed E-state index contributed by atoms with van der Waals surface area (Å²) < 4.78 is 7.17. The smallest absolute Gasteiger partial charge is 0.0692 e. The van der Waals surface area contributed by atoms with Crippen LogP contribution in [0.1, 0.15) is 108 Å². The minimum Gasteiger partial charge on any atom is -0.369 e. The second-order valence-corrected chi connectivity index (χ2v) is 9.57. The fraction of sp³-hybridized carbons (Fsp3) is 1.00. The summed E-state index contributed by atoms with van der Waals surface area (Å²) in [4.78, 5) is 0. The van der Waals surface area contributed by atoms with Gasteiger partial charge in [0.25, 0.3) is 0 Å². The molecule has 0 aliphatic heterocycles. The maximum atomic E-state index is 7.17. The zero-order valence-corrected chi connectivity index (χ0v) is 18.0. The van der Waals surface area contributed by atoms with Gasteiger partial charge in [-0.25, -0.2) is 0 Å². The Balaban J connectivity index is 5.61. The quantitative estimate of drug-likeness (QED) is 0.361.